The Morgan fingerprint density at radius 2 is 1.51 bits per heavy atom. The van der Waals surface area contributed by atoms with Gasteiger partial charge in [-0.3, -0.25) is 9.59 Å². The van der Waals surface area contributed by atoms with Gasteiger partial charge < -0.3 is 13.6 Å². The number of esters is 1. The van der Waals surface area contributed by atoms with Crippen LogP contribution in [0, 0.1) is 23.2 Å². The van der Waals surface area contributed by atoms with Crippen LogP contribution >= 0.6 is 11.3 Å². The van der Waals surface area contributed by atoms with Crippen molar-refractivity contribution in [3.63, 3.8) is 0 Å². The van der Waals surface area contributed by atoms with Gasteiger partial charge in [0.05, 0.1) is 18.4 Å². The smallest absolute Gasteiger partial charge is 0.306 e. The van der Waals surface area contributed by atoms with Gasteiger partial charge in [0.25, 0.3) is 0 Å². The summed E-state index contributed by atoms with van der Waals surface area (Å²) in [5.41, 5.74) is 2.12. The maximum absolute atomic E-state index is 14.2. The largest absolute Gasteiger partial charge is 0.457 e. The van der Waals surface area contributed by atoms with Gasteiger partial charge >= 0.3 is 5.97 Å². The number of hydrogen-bond acceptors (Lipinski definition) is 7. The Bertz CT molecular complexity index is 1390. The van der Waals surface area contributed by atoms with Crippen LogP contribution in [-0.2, 0) is 29.8 Å². The van der Waals surface area contributed by atoms with E-state index in [-0.39, 0.29) is 52.1 Å². The number of carbonyl (C=O) groups excluding carboxylic acids is 2. The molecule has 1 aromatic rings. The number of rotatable bonds is 20. The van der Waals surface area contributed by atoms with Gasteiger partial charge in [-0.15, -0.1) is 24.5 Å². The predicted octanol–water partition coefficient (Wildman–Crippen LogP) is 12.4. The summed E-state index contributed by atoms with van der Waals surface area (Å²) in [4.78, 5) is 32.7. The number of ketones is 1. The van der Waals surface area contributed by atoms with E-state index in [9.17, 15) is 9.59 Å². The Hall–Kier alpha value is -1.92. The number of thiazole rings is 1. The van der Waals surface area contributed by atoms with E-state index < -0.39 is 28.2 Å². The van der Waals surface area contributed by atoms with E-state index in [0.717, 1.165) is 28.3 Å². The normalized spacial score (nSPS) is 17.0. The monoisotopic (exact) mass is 759 g/mol. The average Bonchev–Trinajstić information content (AvgIpc) is 3.45. The summed E-state index contributed by atoms with van der Waals surface area (Å²) in [6.07, 6.45) is 8.54. The van der Waals surface area contributed by atoms with Crippen LogP contribution in [0.3, 0.4) is 0 Å². The second-order valence-electron chi connectivity index (χ2n) is 18.3. The third-order valence-electron chi connectivity index (χ3n) is 11.6. The maximum Gasteiger partial charge on any atom is 0.306 e. The fraction of sp³-hybridized carbons (Fsp3) is 0.690. The molecule has 2 unspecified atom stereocenters. The summed E-state index contributed by atoms with van der Waals surface area (Å²) < 4.78 is 19.4. The highest BCUT2D eigenvalue weighted by molar-refractivity contribution is 7.09. The van der Waals surface area contributed by atoms with Crippen LogP contribution in [0.25, 0.3) is 6.08 Å². The molecule has 0 aliphatic carbocycles. The first-order valence-electron chi connectivity index (χ1n) is 18.7. The Kier molecular flexibility index (Phi) is 17.5. The molecule has 0 N–H and O–H groups in total. The van der Waals surface area contributed by atoms with Crippen LogP contribution in [0.4, 0.5) is 0 Å². The minimum absolute atomic E-state index is 0.000717. The molecule has 9 heteroatoms. The second-order valence-corrected chi connectivity index (χ2v) is 28.8. The van der Waals surface area contributed by atoms with Crippen molar-refractivity contribution in [3.05, 3.63) is 58.6 Å². The Morgan fingerprint density at radius 1 is 0.941 bits per heavy atom. The van der Waals surface area contributed by atoms with Crippen molar-refractivity contribution in [2.75, 3.05) is 0 Å². The van der Waals surface area contributed by atoms with E-state index in [4.69, 9.17) is 18.6 Å². The van der Waals surface area contributed by atoms with E-state index >= 15 is 0 Å². The van der Waals surface area contributed by atoms with E-state index in [1.54, 1.807) is 11.3 Å². The van der Waals surface area contributed by atoms with Gasteiger partial charge in [-0.05, 0) is 80.0 Å². The zero-order valence-electron chi connectivity index (χ0n) is 35.4. The van der Waals surface area contributed by atoms with Gasteiger partial charge in [0.1, 0.15) is 16.9 Å². The Balaban J connectivity index is 3.22. The van der Waals surface area contributed by atoms with Gasteiger partial charge in [0.15, 0.2) is 16.6 Å². The van der Waals surface area contributed by atoms with Crippen molar-refractivity contribution in [2.45, 2.75) is 164 Å². The summed E-state index contributed by atoms with van der Waals surface area (Å²) in [5.74, 6) is -0.850. The highest BCUT2D eigenvalue weighted by Gasteiger charge is 2.46. The third kappa shape index (κ3) is 13.8. The van der Waals surface area contributed by atoms with Crippen molar-refractivity contribution in [1.82, 2.24) is 4.98 Å². The number of hydrogen-bond donors (Lipinski definition) is 0. The molecular weight excluding hydrogens is 687 g/mol. The van der Waals surface area contributed by atoms with Crippen LogP contribution in [0.1, 0.15) is 120 Å². The lowest BCUT2D eigenvalue weighted by Crippen LogP contribution is -2.50. The lowest BCUT2D eigenvalue weighted by molar-refractivity contribution is -0.150. The molecule has 290 valence electrons. The fourth-order valence-electron chi connectivity index (χ4n) is 5.20. The van der Waals surface area contributed by atoms with Gasteiger partial charge in [0.2, 0.25) is 0 Å². The maximum atomic E-state index is 14.2. The number of carbonyl (C=O) groups is 2. The fourth-order valence-corrected chi connectivity index (χ4v) is 8.35. The molecule has 0 saturated heterocycles. The van der Waals surface area contributed by atoms with E-state index in [0.29, 0.717) is 13.0 Å². The van der Waals surface area contributed by atoms with Crippen molar-refractivity contribution in [2.24, 2.45) is 23.2 Å². The molecule has 51 heavy (non-hydrogen) atoms. The molecule has 6 nitrogen and oxygen atoms in total. The van der Waals surface area contributed by atoms with Gasteiger partial charge in [-0.25, -0.2) is 4.98 Å². The molecule has 1 heterocycles. The molecule has 1 aromatic heterocycles. The first kappa shape index (κ1) is 47.1. The zero-order chi connectivity index (χ0) is 39.8. The van der Waals surface area contributed by atoms with Crippen LogP contribution in [0.2, 0.25) is 36.3 Å². The molecule has 0 aliphatic heterocycles. The molecule has 0 fully saturated rings. The number of nitrogens with zero attached hydrogens (tertiary/aromatic N) is 1. The summed E-state index contributed by atoms with van der Waals surface area (Å²) in [6.45, 7) is 44.6. The lowest BCUT2D eigenvalue weighted by Gasteiger charge is -2.43. The van der Waals surface area contributed by atoms with Crippen LogP contribution in [0.15, 0.2) is 47.9 Å². The minimum Gasteiger partial charge on any atom is -0.457 e. The van der Waals surface area contributed by atoms with Crippen molar-refractivity contribution in [3.8, 4) is 0 Å². The first-order chi connectivity index (χ1) is 23.1. The highest BCUT2D eigenvalue weighted by atomic mass is 32.1. The summed E-state index contributed by atoms with van der Waals surface area (Å²) in [7, 11) is -4.06. The molecule has 0 radical (unpaired) electrons. The van der Waals surface area contributed by atoms with E-state index in [1.165, 1.54) is 0 Å². The zero-order valence-corrected chi connectivity index (χ0v) is 38.2. The standard InChI is InChI=1S/C42H73NO5SSi2/c1-20-22-29(3)23-24-35(31(5)25-34-28-49-36(43-34)27-46-50(16,17)40(8,9)10)47-37(44)26-32(6)42(14,15)39(45)33(7)38(30(4)21-2)48-51(18,19)41(11,12)13/h20-21,23,25,28,30,32-33,35,38H,1-2,22,24,26-27H2,3-19H3/b29-23-,31-25+/t30-,32-,33?,35?,38-/m0/s1. The molecule has 0 bridgehead atoms. The summed E-state index contributed by atoms with van der Waals surface area (Å²) in [6, 6.07) is 0. The minimum atomic E-state index is -2.16. The summed E-state index contributed by atoms with van der Waals surface area (Å²) >= 11 is 1.58. The van der Waals surface area contributed by atoms with E-state index in [2.05, 4.69) is 101 Å². The number of aromatic nitrogens is 1. The molecule has 0 spiro atoms. The Labute approximate surface area is 318 Å². The number of allylic oxidation sites excluding steroid dienone is 2. The lowest BCUT2D eigenvalue weighted by atomic mass is 9.69. The Morgan fingerprint density at radius 3 is 2.02 bits per heavy atom. The predicted molar refractivity (Wildman–Crippen MR) is 224 cm³/mol. The highest BCUT2D eigenvalue weighted by Crippen LogP contribution is 2.42. The molecule has 0 aliphatic rings. The van der Waals surface area contributed by atoms with Crippen LogP contribution in [0.5, 0.6) is 0 Å². The van der Waals surface area contributed by atoms with Crippen LogP contribution < -0.4 is 0 Å². The summed E-state index contributed by atoms with van der Waals surface area (Å²) in [5, 5.41) is 3.09. The second kappa shape index (κ2) is 18.9. The number of Topliss-reactive ketones (excluding diaryl/α,β-unsaturated/α-hetero) is 1. The first-order valence-corrected chi connectivity index (χ1v) is 25.4. The topological polar surface area (TPSA) is 74.7 Å². The molecule has 5 atom stereocenters. The number of ether oxygens (including phenoxy) is 1. The van der Waals surface area contributed by atoms with Gasteiger partial charge in [0, 0.05) is 29.6 Å². The van der Waals surface area contributed by atoms with Crippen LogP contribution in [-0.4, -0.2) is 45.6 Å². The van der Waals surface area contributed by atoms with Crippen molar-refractivity contribution < 1.29 is 23.2 Å². The molecule has 0 saturated carbocycles. The molecule has 0 aromatic carbocycles. The average molecular weight is 760 g/mol. The molecule has 0 amide bonds. The quantitative estimate of drug-likeness (QED) is 0.0748. The molecule has 1 rings (SSSR count). The SMILES string of the molecule is C=CC/C(C)=C\CC(OC(=O)C[C@H](C)C(C)(C)C(=O)C(C)[C@@H](O[Si](C)(C)C(C)(C)C)[C@@H](C)C=C)/C(C)=C/c1csc(CO[Si](C)(C)C(C)(C)C)n1. The van der Waals surface area contributed by atoms with Gasteiger partial charge in [-0.1, -0.05) is 100.0 Å². The van der Waals surface area contributed by atoms with Crippen molar-refractivity contribution in [1.29, 1.82) is 0 Å². The van der Waals surface area contributed by atoms with E-state index in [1.807, 2.05) is 58.2 Å². The third-order valence-corrected chi connectivity index (χ3v) is 21.4. The van der Waals surface area contributed by atoms with Gasteiger partial charge in [-0.2, -0.15) is 0 Å². The van der Waals surface area contributed by atoms with Crippen molar-refractivity contribution >= 4 is 45.8 Å². The molecular formula is C42H73NO5SSi2.